The summed E-state index contributed by atoms with van der Waals surface area (Å²) in [5.74, 6) is -0.0168. The van der Waals surface area contributed by atoms with Gasteiger partial charge in [0.05, 0.1) is 3.79 Å². The van der Waals surface area contributed by atoms with Gasteiger partial charge in [-0.05, 0) is 35.1 Å². The van der Waals surface area contributed by atoms with Gasteiger partial charge in [-0.2, -0.15) is 0 Å². The van der Waals surface area contributed by atoms with E-state index in [9.17, 15) is 4.79 Å². The summed E-state index contributed by atoms with van der Waals surface area (Å²) in [7, 11) is 3.41. The number of hydrogen-bond donors (Lipinski definition) is 2. The number of carbonyl (C=O) groups is 1. The van der Waals surface area contributed by atoms with E-state index < -0.39 is 0 Å². The molecule has 0 bridgehead atoms. The molecular formula is C8H11BrN2OS. The van der Waals surface area contributed by atoms with E-state index in [1.807, 2.05) is 12.1 Å². The number of halogens is 1. The summed E-state index contributed by atoms with van der Waals surface area (Å²) in [6.45, 7) is 0. The van der Waals surface area contributed by atoms with Gasteiger partial charge < -0.3 is 10.6 Å². The van der Waals surface area contributed by atoms with Crippen molar-refractivity contribution in [3.63, 3.8) is 0 Å². The van der Waals surface area contributed by atoms with E-state index in [1.165, 1.54) is 0 Å². The van der Waals surface area contributed by atoms with Gasteiger partial charge in [-0.1, -0.05) is 0 Å². The lowest BCUT2D eigenvalue weighted by Crippen LogP contribution is -2.33. The number of likely N-dealkylation sites (N-methyl/N-ethyl adjacent to an activating group) is 2. The Labute approximate surface area is 89.7 Å². The molecule has 2 N–H and O–H groups in total. The lowest BCUT2D eigenvalue weighted by molar-refractivity contribution is -0.122. The van der Waals surface area contributed by atoms with Crippen LogP contribution in [0.1, 0.15) is 10.9 Å². The van der Waals surface area contributed by atoms with Crippen LogP contribution in [0.15, 0.2) is 15.9 Å². The maximum atomic E-state index is 11.4. The molecule has 0 aliphatic rings. The third kappa shape index (κ3) is 2.52. The van der Waals surface area contributed by atoms with Crippen LogP contribution in [-0.4, -0.2) is 20.0 Å². The zero-order valence-corrected chi connectivity index (χ0v) is 9.83. The number of hydrogen-bond acceptors (Lipinski definition) is 3. The summed E-state index contributed by atoms with van der Waals surface area (Å²) in [6.07, 6.45) is 0. The minimum Gasteiger partial charge on any atom is -0.357 e. The first kappa shape index (κ1) is 10.7. The Balaban J connectivity index is 2.84. The predicted molar refractivity (Wildman–Crippen MR) is 57.9 cm³/mol. The van der Waals surface area contributed by atoms with E-state index in [2.05, 4.69) is 26.6 Å². The Morgan fingerprint density at radius 1 is 1.54 bits per heavy atom. The molecule has 1 unspecified atom stereocenters. The summed E-state index contributed by atoms with van der Waals surface area (Å²) >= 11 is 4.92. The molecule has 0 radical (unpaired) electrons. The van der Waals surface area contributed by atoms with Crippen LogP contribution in [0.5, 0.6) is 0 Å². The molecule has 0 aliphatic carbocycles. The van der Waals surface area contributed by atoms with Crippen molar-refractivity contribution in [2.24, 2.45) is 0 Å². The maximum absolute atomic E-state index is 11.4. The smallest absolute Gasteiger partial charge is 0.242 e. The third-order valence-corrected chi connectivity index (χ3v) is 3.36. The van der Waals surface area contributed by atoms with Gasteiger partial charge in [0.15, 0.2) is 0 Å². The Kier molecular flexibility index (Phi) is 3.90. The summed E-state index contributed by atoms with van der Waals surface area (Å²) in [4.78, 5) is 12.4. The van der Waals surface area contributed by atoms with Gasteiger partial charge in [-0.25, -0.2) is 0 Å². The van der Waals surface area contributed by atoms with Gasteiger partial charge in [0, 0.05) is 11.9 Å². The molecule has 1 aromatic heterocycles. The number of amides is 1. The average Bonchev–Trinajstić information content (AvgIpc) is 2.53. The van der Waals surface area contributed by atoms with Crippen LogP contribution in [0.4, 0.5) is 0 Å². The van der Waals surface area contributed by atoms with Crippen LogP contribution in [0, 0.1) is 0 Å². The highest BCUT2D eigenvalue weighted by atomic mass is 79.9. The van der Waals surface area contributed by atoms with Gasteiger partial charge >= 0.3 is 0 Å². The van der Waals surface area contributed by atoms with Crippen molar-refractivity contribution in [1.82, 2.24) is 10.6 Å². The largest absolute Gasteiger partial charge is 0.357 e. The monoisotopic (exact) mass is 262 g/mol. The van der Waals surface area contributed by atoms with Crippen LogP contribution in [0.25, 0.3) is 0 Å². The second-order valence-electron chi connectivity index (χ2n) is 2.48. The lowest BCUT2D eigenvalue weighted by atomic mass is 10.2. The molecule has 3 nitrogen and oxygen atoms in total. The van der Waals surface area contributed by atoms with Crippen molar-refractivity contribution < 1.29 is 4.79 Å². The molecule has 1 amide bonds. The molecule has 0 saturated heterocycles. The molecule has 72 valence electrons. The minimum atomic E-state index is -0.249. The first-order valence-electron chi connectivity index (χ1n) is 3.83. The molecule has 1 atom stereocenters. The molecule has 0 aromatic carbocycles. The first-order chi connectivity index (χ1) is 6.19. The van der Waals surface area contributed by atoms with Crippen LogP contribution in [0.3, 0.4) is 0 Å². The second kappa shape index (κ2) is 4.74. The van der Waals surface area contributed by atoms with E-state index in [0.717, 1.165) is 8.66 Å². The number of thiophene rings is 1. The van der Waals surface area contributed by atoms with E-state index in [1.54, 1.807) is 25.4 Å². The summed E-state index contributed by atoms with van der Waals surface area (Å²) in [6, 6.07) is 3.62. The Bertz CT molecular complexity index is 300. The minimum absolute atomic E-state index is 0.0168. The molecule has 1 heterocycles. The van der Waals surface area contributed by atoms with Crippen molar-refractivity contribution in [1.29, 1.82) is 0 Å². The third-order valence-electron chi connectivity index (χ3n) is 1.68. The van der Waals surface area contributed by atoms with Crippen molar-refractivity contribution in [2.75, 3.05) is 14.1 Å². The van der Waals surface area contributed by atoms with E-state index in [0.29, 0.717) is 0 Å². The number of rotatable bonds is 3. The zero-order chi connectivity index (χ0) is 9.84. The molecular weight excluding hydrogens is 252 g/mol. The quantitative estimate of drug-likeness (QED) is 0.868. The first-order valence-corrected chi connectivity index (χ1v) is 5.44. The average molecular weight is 263 g/mol. The second-order valence-corrected chi connectivity index (χ2v) is 4.97. The highest BCUT2D eigenvalue weighted by Crippen LogP contribution is 2.27. The van der Waals surface area contributed by atoms with Crippen LogP contribution in [-0.2, 0) is 4.79 Å². The molecule has 1 rings (SSSR count). The van der Waals surface area contributed by atoms with Crippen molar-refractivity contribution in [2.45, 2.75) is 6.04 Å². The number of nitrogens with one attached hydrogen (secondary N) is 2. The van der Waals surface area contributed by atoms with Crippen molar-refractivity contribution in [3.8, 4) is 0 Å². The van der Waals surface area contributed by atoms with E-state index in [4.69, 9.17) is 0 Å². The topological polar surface area (TPSA) is 41.1 Å². The van der Waals surface area contributed by atoms with Crippen molar-refractivity contribution in [3.05, 3.63) is 20.8 Å². The SMILES string of the molecule is CNC(=O)C(NC)c1ccc(Br)s1. The summed E-state index contributed by atoms with van der Waals surface area (Å²) in [5, 5.41) is 5.57. The molecule has 5 heteroatoms. The fraction of sp³-hybridized carbons (Fsp3) is 0.375. The fourth-order valence-electron chi connectivity index (χ4n) is 1.03. The predicted octanol–water partition coefficient (Wildman–Crippen LogP) is 1.52. The Morgan fingerprint density at radius 2 is 2.23 bits per heavy atom. The van der Waals surface area contributed by atoms with Gasteiger partial charge in [0.25, 0.3) is 0 Å². The van der Waals surface area contributed by atoms with E-state index >= 15 is 0 Å². The standard InChI is InChI=1S/C8H11BrN2OS/c1-10-7(8(12)11-2)5-3-4-6(9)13-5/h3-4,7,10H,1-2H3,(H,11,12). The molecule has 0 aliphatic heterocycles. The van der Waals surface area contributed by atoms with Crippen LogP contribution < -0.4 is 10.6 Å². The number of carbonyl (C=O) groups excluding carboxylic acids is 1. The zero-order valence-electron chi connectivity index (χ0n) is 7.43. The van der Waals surface area contributed by atoms with Gasteiger partial charge in [-0.3, -0.25) is 4.79 Å². The molecule has 0 fully saturated rings. The molecule has 0 spiro atoms. The van der Waals surface area contributed by atoms with E-state index in [-0.39, 0.29) is 11.9 Å². The molecule has 0 saturated carbocycles. The normalized spacial score (nSPS) is 12.5. The lowest BCUT2D eigenvalue weighted by Gasteiger charge is -2.11. The Hall–Kier alpha value is -0.390. The molecule has 1 aromatic rings. The van der Waals surface area contributed by atoms with Crippen molar-refractivity contribution >= 4 is 33.2 Å². The fourth-order valence-corrected chi connectivity index (χ4v) is 2.56. The van der Waals surface area contributed by atoms with Gasteiger partial charge in [0.2, 0.25) is 5.91 Å². The summed E-state index contributed by atoms with van der Waals surface area (Å²) in [5.41, 5.74) is 0. The van der Waals surface area contributed by atoms with Gasteiger partial charge in [0.1, 0.15) is 6.04 Å². The summed E-state index contributed by atoms with van der Waals surface area (Å²) < 4.78 is 1.03. The maximum Gasteiger partial charge on any atom is 0.242 e. The Morgan fingerprint density at radius 3 is 2.62 bits per heavy atom. The highest BCUT2D eigenvalue weighted by Gasteiger charge is 2.18. The van der Waals surface area contributed by atoms with Gasteiger partial charge in [-0.15, -0.1) is 11.3 Å². The van der Waals surface area contributed by atoms with Crippen LogP contribution in [0.2, 0.25) is 0 Å². The van der Waals surface area contributed by atoms with Crippen LogP contribution >= 0.6 is 27.3 Å². The molecule has 13 heavy (non-hydrogen) atoms. The highest BCUT2D eigenvalue weighted by molar-refractivity contribution is 9.11.